The highest BCUT2D eigenvalue weighted by Crippen LogP contribution is 2.13. The second-order valence-corrected chi connectivity index (χ2v) is 4.42. The van der Waals surface area contributed by atoms with Crippen LogP contribution >= 0.6 is 0 Å². The lowest BCUT2D eigenvalue weighted by Crippen LogP contribution is -2.47. The van der Waals surface area contributed by atoms with E-state index in [1.807, 2.05) is 0 Å². The lowest BCUT2D eigenvalue weighted by atomic mass is 10.0. The number of carbonyl (C=O) groups is 2. The number of carbonyl (C=O) groups excluding carboxylic acids is 2. The fourth-order valence-electron chi connectivity index (χ4n) is 1.95. The molecule has 1 saturated heterocycles. The van der Waals surface area contributed by atoms with Gasteiger partial charge in [0.1, 0.15) is 0 Å². The molecule has 0 spiro atoms. The molecule has 98 valence electrons. The van der Waals surface area contributed by atoms with E-state index < -0.39 is 0 Å². The van der Waals surface area contributed by atoms with Gasteiger partial charge in [-0.3, -0.25) is 9.59 Å². The maximum Gasteiger partial charge on any atom is 0.239 e. The minimum Gasteiger partial charge on any atom is -0.353 e. The Bertz CT molecular complexity index is 270. The largest absolute Gasteiger partial charge is 0.353 e. The van der Waals surface area contributed by atoms with Gasteiger partial charge in [0.2, 0.25) is 11.8 Å². The van der Waals surface area contributed by atoms with Crippen molar-refractivity contribution in [2.45, 2.75) is 25.3 Å². The van der Waals surface area contributed by atoms with Crippen molar-refractivity contribution in [3.05, 3.63) is 0 Å². The lowest BCUT2D eigenvalue weighted by molar-refractivity contribution is -0.125. The molecule has 1 unspecified atom stereocenters. The summed E-state index contributed by atoms with van der Waals surface area (Å²) in [5.74, 6) is -0.472. The van der Waals surface area contributed by atoms with Crippen LogP contribution in [0.2, 0.25) is 0 Å². The smallest absolute Gasteiger partial charge is 0.239 e. The summed E-state index contributed by atoms with van der Waals surface area (Å²) in [6, 6.07) is 0.415. The average Bonchev–Trinajstić information content (AvgIpc) is 2.35. The first-order valence-corrected chi connectivity index (χ1v) is 6.07. The molecule has 0 aliphatic carbocycles. The minimum absolute atomic E-state index is 0.00642. The molecule has 0 bridgehead atoms. The summed E-state index contributed by atoms with van der Waals surface area (Å²) in [5.41, 5.74) is 5.12. The predicted molar refractivity (Wildman–Crippen MR) is 65.3 cm³/mol. The molecule has 6 nitrogen and oxygen atoms in total. The summed E-state index contributed by atoms with van der Waals surface area (Å²) in [6.07, 6.45) is 3.56. The van der Waals surface area contributed by atoms with Crippen LogP contribution in [0.25, 0.3) is 0 Å². The number of piperidine rings is 1. The highest BCUT2D eigenvalue weighted by molar-refractivity contribution is 5.85. The van der Waals surface area contributed by atoms with Crippen LogP contribution in [-0.2, 0) is 9.59 Å². The Morgan fingerprint density at radius 2 is 2.06 bits per heavy atom. The summed E-state index contributed by atoms with van der Waals surface area (Å²) in [6.45, 7) is 1.66. The molecule has 0 aromatic carbocycles. The van der Waals surface area contributed by atoms with E-state index in [2.05, 4.69) is 22.6 Å². The van der Waals surface area contributed by atoms with Crippen LogP contribution in [0, 0.1) is 0 Å². The quantitative estimate of drug-likeness (QED) is 0.557. The SMILES string of the molecule is CN1CCCCC1CNC(=O)CNC(=O)CN. The monoisotopic (exact) mass is 242 g/mol. The Balaban J connectivity index is 2.16. The van der Waals surface area contributed by atoms with Crippen molar-refractivity contribution in [1.82, 2.24) is 15.5 Å². The Hall–Kier alpha value is -1.14. The number of nitrogens with two attached hydrogens (primary N) is 1. The van der Waals surface area contributed by atoms with E-state index in [0.29, 0.717) is 12.6 Å². The molecule has 1 aliphatic heterocycles. The zero-order valence-electron chi connectivity index (χ0n) is 10.4. The standard InChI is InChI=1S/C11H22N4O2/c1-15-5-3-2-4-9(15)7-13-11(17)8-14-10(16)6-12/h9H,2-8,12H2,1H3,(H,13,17)(H,14,16). The molecule has 1 rings (SSSR count). The average molecular weight is 242 g/mol. The molecule has 0 saturated carbocycles. The predicted octanol–water partition coefficient (Wildman–Crippen LogP) is -1.34. The summed E-state index contributed by atoms with van der Waals surface area (Å²) in [7, 11) is 2.08. The topological polar surface area (TPSA) is 87.5 Å². The summed E-state index contributed by atoms with van der Waals surface area (Å²) in [4.78, 5) is 24.5. The van der Waals surface area contributed by atoms with E-state index in [1.165, 1.54) is 12.8 Å². The molecule has 1 aliphatic rings. The molecule has 1 atom stereocenters. The first kappa shape index (κ1) is 13.9. The number of likely N-dealkylation sites (N-methyl/N-ethyl adjacent to an activating group) is 1. The van der Waals surface area contributed by atoms with Crippen molar-refractivity contribution in [2.75, 3.05) is 33.2 Å². The summed E-state index contributed by atoms with van der Waals surface area (Å²) in [5, 5.41) is 5.27. The van der Waals surface area contributed by atoms with Gasteiger partial charge in [-0.2, -0.15) is 0 Å². The highest BCUT2D eigenvalue weighted by Gasteiger charge is 2.19. The van der Waals surface area contributed by atoms with Crippen LogP contribution < -0.4 is 16.4 Å². The fraction of sp³-hybridized carbons (Fsp3) is 0.818. The Morgan fingerprint density at radius 1 is 1.29 bits per heavy atom. The van der Waals surface area contributed by atoms with Gasteiger partial charge >= 0.3 is 0 Å². The zero-order valence-corrected chi connectivity index (χ0v) is 10.4. The van der Waals surface area contributed by atoms with E-state index >= 15 is 0 Å². The molecule has 4 N–H and O–H groups in total. The van der Waals surface area contributed by atoms with Gasteiger partial charge in [-0.25, -0.2) is 0 Å². The van der Waals surface area contributed by atoms with Crippen molar-refractivity contribution in [3.63, 3.8) is 0 Å². The minimum atomic E-state index is -0.310. The van der Waals surface area contributed by atoms with Gasteiger partial charge in [0.25, 0.3) is 0 Å². The molecular weight excluding hydrogens is 220 g/mol. The van der Waals surface area contributed by atoms with Gasteiger partial charge in [0.05, 0.1) is 13.1 Å². The van der Waals surface area contributed by atoms with Crippen molar-refractivity contribution < 1.29 is 9.59 Å². The first-order valence-electron chi connectivity index (χ1n) is 6.07. The second-order valence-electron chi connectivity index (χ2n) is 4.42. The third-order valence-corrected chi connectivity index (χ3v) is 3.09. The number of nitrogens with zero attached hydrogens (tertiary/aromatic N) is 1. The van der Waals surface area contributed by atoms with E-state index in [1.54, 1.807) is 0 Å². The fourth-order valence-corrected chi connectivity index (χ4v) is 1.95. The lowest BCUT2D eigenvalue weighted by Gasteiger charge is -2.32. The molecule has 17 heavy (non-hydrogen) atoms. The number of nitrogens with one attached hydrogen (secondary N) is 2. The first-order chi connectivity index (χ1) is 8.13. The normalized spacial score (nSPS) is 20.9. The number of amides is 2. The van der Waals surface area contributed by atoms with Crippen molar-refractivity contribution in [2.24, 2.45) is 5.73 Å². The van der Waals surface area contributed by atoms with Gasteiger partial charge < -0.3 is 21.3 Å². The number of hydrogen-bond acceptors (Lipinski definition) is 4. The molecule has 0 aromatic rings. The maximum absolute atomic E-state index is 11.4. The van der Waals surface area contributed by atoms with Crippen LogP contribution in [0.1, 0.15) is 19.3 Å². The van der Waals surface area contributed by atoms with E-state index in [-0.39, 0.29) is 24.9 Å². The van der Waals surface area contributed by atoms with Crippen LogP contribution in [-0.4, -0.2) is 56.0 Å². The molecule has 6 heteroatoms. The van der Waals surface area contributed by atoms with Crippen LogP contribution in [0.5, 0.6) is 0 Å². The molecular formula is C11H22N4O2. The molecule has 1 fully saturated rings. The van der Waals surface area contributed by atoms with Gasteiger partial charge in [-0.15, -0.1) is 0 Å². The maximum atomic E-state index is 11.4. The van der Waals surface area contributed by atoms with Gasteiger partial charge in [0, 0.05) is 12.6 Å². The van der Waals surface area contributed by atoms with Crippen LogP contribution in [0.3, 0.4) is 0 Å². The second kappa shape index (κ2) is 7.24. The van der Waals surface area contributed by atoms with Crippen LogP contribution in [0.15, 0.2) is 0 Å². The third kappa shape index (κ3) is 5.14. The van der Waals surface area contributed by atoms with Gasteiger partial charge in [0.15, 0.2) is 0 Å². The molecule has 1 heterocycles. The zero-order chi connectivity index (χ0) is 12.7. The number of rotatable bonds is 5. The van der Waals surface area contributed by atoms with Crippen molar-refractivity contribution in [1.29, 1.82) is 0 Å². The molecule has 0 aromatic heterocycles. The summed E-state index contributed by atoms with van der Waals surface area (Å²) >= 11 is 0. The Kier molecular flexibility index (Phi) is 5.93. The Labute approximate surface area is 102 Å². The van der Waals surface area contributed by atoms with E-state index in [9.17, 15) is 9.59 Å². The highest BCUT2D eigenvalue weighted by atomic mass is 16.2. The van der Waals surface area contributed by atoms with E-state index in [4.69, 9.17) is 5.73 Å². The Morgan fingerprint density at radius 3 is 2.71 bits per heavy atom. The summed E-state index contributed by atoms with van der Waals surface area (Å²) < 4.78 is 0. The van der Waals surface area contributed by atoms with Gasteiger partial charge in [-0.05, 0) is 26.4 Å². The van der Waals surface area contributed by atoms with E-state index in [0.717, 1.165) is 13.0 Å². The number of hydrogen-bond donors (Lipinski definition) is 3. The van der Waals surface area contributed by atoms with Crippen LogP contribution in [0.4, 0.5) is 0 Å². The van der Waals surface area contributed by atoms with Crippen molar-refractivity contribution in [3.8, 4) is 0 Å². The number of likely N-dealkylation sites (tertiary alicyclic amines) is 1. The van der Waals surface area contributed by atoms with Crippen molar-refractivity contribution >= 4 is 11.8 Å². The third-order valence-electron chi connectivity index (χ3n) is 3.09. The molecule has 0 radical (unpaired) electrons. The van der Waals surface area contributed by atoms with Gasteiger partial charge in [-0.1, -0.05) is 6.42 Å². The molecule has 2 amide bonds.